The van der Waals surface area contributed by atoms with Crippen LogP contribution in [0.5, 0.6) is 0 Å². The lowest BCUT2D eigenvalue weighted by atomic mass is 10.1. The Morgan fingerprint density at radius 1 is 1.14 bits per heavy atom. The second kappa shape index (κ2) is 5.48. The topological polar surface area (TPSA) is 47.8 Å². The third kappa shape index (κ3) is 2.70. The van der Waals surface area contributed by atoms with Crippen LogP contribution >= 0.6 is 0 Å². The normalized spacial score (nSPS) is 12.5. The summed E-state index contributed by atoms with van der Waals surface area (Å²) < 4.78 is 1.69. The van der Waals surface area contributed by atoms with Crippen LogP contribution in [-0.2, 0) is 6.42 Å². The maximum absolute atomic E-state index is 12.5. The van der Waals surface area contributed by atoms with E-state index in [-0.39, 0.29) is 11.6 Å². The standard InChI is InChI=1S/C17H17N3O/c1-12-6-5-7-14(19-12)10-13(2)20-11-18-16-9-4-3-8-15(16)17(20)21/h3-9,11,13H,10H2,1-2H3. The highest BCUT2D eigenvalue weighted by atomic mass is 16.1. The van der Waals surface area contributed by atoms with Gasteiger partial charge in [-0.3, -0.25) is 14.3 Å². The summed E-state index contributed by atoms with van der Waals surface area (Å²) in [5, 5.41) is 0.657. The van der Waals surface area contributed by atoms with Gasteiger partial charge < -0.3 is 0 Å². The second-order valence-electron chi connectivity index (χ2n) is 5.30. The summed E-state index contributed by atoms with van der Waals surface area (Å²) in [6, 6.07) is 13.4. The van der Waals surface area contributed by atoms with E-state index in [0.29, 0.717) is 11.8 Å². The van der Waals surface area contributed by atoms with Crippen LogP contribution < -0.4 is 5.56 Å². The van der Waals surface area contributed by atoms with Crippen LogP contribution in [0.4, 0.5) is 0 Å². The smallest absolute Gasteiger partial charge is 0.261 e. The third-order valence-electron chi connectivity index (χ3n) is 3.62. The number of nitrogens with zero attached hydrogens (tertiary/aromatic N) is 3. The van der Waals surface area contributed by atoms with Crippen molar-refractivity contribution in [3.63, 3.8) is 0 Å². The van der Waals surface area contributed by atoms with Gasteiger partial charge in [-0.15, -0.1) is 0 Å². The first-order valence-electron chi connectivity index (χ1n) is 7.03. The lowest BCUT2D eigenvalue weighted by Crippen LogP contribution is -2.25. The Labute approximate surface area is 123 Å². The van der Waals surface area contributed by atoms with Gasteiger partial charge >= 0.3 is 0 Å². The second-order valence-corrected chi connectivity index (χ2v) is 5.30. The van der Waals surface area contributed by atoms with Crippen molar-refractivity contribution in [2.45, 2.75) is 26.3 Å². The fourth-order valence-electron chi connectivity index (χ4n) is 2.51. The minimum Gasteiger partial charge on any atom is -0.295 e. The van der Waals surface area contributed by atoms with Crippen LogP contribution in [0, 0.1) is 6.92 Å². The van der Waals surface area contributed by atoms with Gasteiger partial charge in [0.15, 0.2) is 0 Å². The molecule has 0 radical (unpaired) electrons. The number of para-hydroxylation sites is 1. The van der Waals surface area contributed by atoms with Gasteiger partial charge in [-0.2, -0.15) is 0 Å². The van der Waals surface area contributed by atoms with Gasteiger partial charge in [0.05, 0.1) is 17.2 Å². The van der Waals surface area contributed by atoms with Crippen LogP contribution in [-0.4, -0.2) is 14.5 Å². The predicted molar refractivity (Wildman–Crippen MR) is 83.4 cm³/mol. The largest absolute Gasteiger partial charge is 0.295 e. The summed E-state index contributed by atoms with van der Waals surface area (Å²) in [6.45, 7) is 3.99. The molecule has 1 atom stereocenters. The number of aryl methyl sites for hydroxylation is 1. The van der Waals surface area contributed by atoms with E-state index in [0.717, 1.165) is 16.9 Å². The Kier molecular flexibility index (Phi) is 3.52. The third-order valence-corrected chi connectivity index (χ3v) is 3.62. The van der Waals surface area contributed by atoms with E-state index >= 15 is 0 Å². The summed E-state index contributed by atoms with van der Waals surface area (Å²) >= 11 is 0. The molecule has 1 unspecified atom stereocenters. The number of fused-ring (bicyclic) bond motifs is 1. The van der Waals surface area contributed by atoms with Crippen molar-refractivity contribution < 1.29 is 0 Å². The molecule has 0 amide bonds. The number of hydrogen-bond donors (Lipinski definition) is 0. The summed E-state index contributed by atoms with van der Waals surface area (Å²) in [4.78, 5) is 21.4. The average molecular weight is 279 g/mol. The average Bonchev–Trinajstić information content (AvgIpc) is 2.48. The molecule has 0 aliphatic heterocycles. The first-order chi connectivity index (χ1) is 10.1. The molecule has 1 aromatic carbocycles. The van der Waals surface area contributed by atoms with Crippen molar-refractivity contribution in [1.82, 2.24) is 14.5 Å². The predicted octanol–water partition coefficient (Wildman–Crippen LogP) is 2.90. The Hall–Kier alpha value is -2.49. The molecule has 4 nitrogen and oxygen atoms in total. The fraction of sp³-hybridized carbons (Fsp3) is 0.235. The maximum Gasteiger partial charge on any atom is 0.261 e. The lowest BCUT2D eigenvalue weighted by Gasteiger charge is -2.15. The highest BCUT2D eigenvalue weighted by Crippen LogP contribution is 2.12. The van der Waals surface area contributed by atoms with Gasteiger partial charge in [0.2, 0.25) is 0 Å². The highest BCUT2D eigenvalue weighted by molar-refractivity contribution is 5.76. The lowest BCUT2D eigenvalue weighted by molar-refractivity contribution is 0.517. The van der Waals surface area contributed by atoms with Crippen LogP contribution in [0.2, 0.25) is 0 Å². The Balaban J connectivity index is 1.96. The molecule has 0 saturated heterocycles. The fourth-order valence-corrected chi connectivity index (χ4v) is 2.51. The van der Waals surface area contributed by atoms with Crippen molar-refractivity contribution in [2.24, 2.45) is 0 Å². The molecule has 0 spiro atoms. The SMILES string of the molecule is Cc1cccc(CC(C)n2cnc3ccccc3c2=O)n1. The summed E-state index contributed by atoms with van der Waals surface area (Å²) in [7, 11) is 0. The van der Waals surface area contributed by atoms with Crippen LogP contribution in [0.3, 0.4) is 0 Å². The summed E-state index contributed by atoms with van der Waals surface area (Å²) in [5.41, 5.74) is 2.71. The van der Waals surface area contributed by atoms with Gasteiger partial charge in [-0.05, 0) is 38.1 Å². The van der Waals surface area contributed by atoms with Crippen LogP contribution in [0.15, 0.2) is 53.6 Å². The molecule has 2 aromatic heterocycles. The number of benzene rings is 1. The van der Waals surface area contributed by atoms with Crippen molar-refractivity contribution in [1.29, 1.82) is 0 Å². The van der Waals surface area contributed by atoms with Crippen molar-refractivity contribution in [3.8, 4) is 0 Å². The van der Waals surface area contributed by atoms with E-state index in [1.165, 1.54) is 0 Å². The van der Waals surface area contributed by atoms with Crippen LogP contribution in [0.1, 0.15) is 24.4 Å². The quantitative estimate of drug-likeness (QED) is 0.740. The zero-order chi connectivity index (χ0) is 14.8. The minimum atomic E-state index is 0.000697. The monoisotopic (exact) mass is 279 g/mol. The molecule has 0 N–H and O–H groups in total. The Bertz CT molecular complexity index is 839. The summed E-state index contributed by atoms with van der Waals surface area (Å²) in [5.74, 6) is 0. The molecule has 0 aliphatic rings. The summed E-state index contributed by atoms with van der Waals surface area (Å²) in [6.07, 6.45) is 2.34. The van der Waals surface area contributed by atoms with E-state index in [2.05, 4.69) is 9.97 Å². The van der Waals surface area contributed by atoms with E-state index in [9.17, 15) is 4.79 Å². The zero-order valence-electron chi connectivity index (χ0n) is 12.2. The Morgan fingerprint density at radius 3 is 2.76 bits per heavy atom. The van der Waals surface area contributed by atoms with Crippen molar-refractivity contribution >= 4 is 10.9 Å². The van der Waals surface area contributed by atoms with Gasteiger partial charge in [-0.25, -0.2) is 4.98 Å². The van der Waals surface area contributed by atoms with Crippen molar-refractivity contribution in [2.75, 3.05) is 0 Å². The van der Waals surface area contributed by atoms with Gasteiger partial charge in [0, 0.05) is 23.9 Å². The first-order valence-corrected chi connectivity index (χ1v) is 7.03. The molecule has 0 aliphatic carbocycles. The van der Waals surface area contributed by atoms with Crippen LogP contribution in [0.25, 0.3) is 10.9 Å². The van der Waals surface area contributed by atoms with Gasteiger partial charge in [0.25, 0.3) is 5.56 Å². The van der Waals surface area contributed by atoms with Gasteiger partial charge in [-0.1, -0.05) is 18.2 Å². The highest BCUT2D eigenvalue weighted by Gasteiger charge is 2.11. The molecule has 3 rings (SSSR count). The Morgan fingerprint density at radius 2 is 1.95 bits per heavy atom. The molecule has 3 aromatic rings. The number of hydrogen-bond acceptors (Lipinski definition) is 3. The van der Waals surface area contributed by atoms with E-state index in [1.54, 1.807) is 10.9 Å². The zero-order valence-corrected chi connectivity index (χ0v) is 12.2. The first kappa shape index (κ1) is 13.5. The van der Waals surface area contributed by atoms with Crippen molar-refractivity contribution in [3.05, 3.63) is 70.5 Å². The molecule has 4 heteroatoms. The molecule has 21 heavy (non-hydrogen) atoms. The number of aromatic nitrogens is 3. The molecular weight excluding hydrogens is 262 g/mol. The molecular formula is C17H17N3O. The number of pyridine rings is 1. The molecule has 106 valence electrons. The van der Waals surface area contributed by atoms with Gasteiger partial charge in [0.1, 0.15) is 0 Å². The number of rotatable bonds is 3. The van der Waals surface area contributed by atoms with E-state index in [4.69, 9.17) is 0 Å². The van der Waals surface area contributed by atoms with E-state index in [1.807, 2.05) is 56.3 Å². The van der Waals surface area contributed by atoms with E-state index < -0.39 is 0 Å². The minimum absolute atomic E-state index is 0.000697. The maximum atomic E-state index is 12.5. The molecule has 2 heterocycles. The molecule has 0 bridgehead atoms. The molecule has 0 saturated carbocycles. The molecule has 0 fully saturated rings.